The van der Waals surface area contributed by atoms with Gasteiger partial charge in [0.2, 0.25) is 11.8 Å². The summed E-state index contributed by atoms with van der Waals surface area (Å²) in [6.45, 7) is 1.60. The van der Waals surface area contributed by atoms with Crippen LogP contribution in [0.25, 0.3) is 11.5 Å². The van der Waals surface area contributed by atoms with Crippen LogP contribution < -0.4 is 5.32 Å². The number of halogens is 3. The van der Waals surface area contributed by atoms with Gasteiger partial charge in [-0.2, -0.15) is 13.2 Å². The molecule has 0 fully saturated rings. The third-order valence-corrected chi connectivity index (χ3v) is 4.47. The van der Waals surface area contributed by atoms with Gasteiger partial charge in [0.25, 0.3) is 5.22 Å². The minimum atomic E-state index is -4.47. The average Bonchev–Trinajstić information content (AvgIpc) is 3.10. The lowest BCUT2D eigenvalue weighted by Crippen LogP contribution is -2.22. The standard InChI is InChI=1S/C18H14F3N3O2S/c1-11(15(25)22-14-9-5-8-13(10-14)18(19,20)21)27-17-24-23-16(26-17)12-6-3-2-4-7-12/h2-11H,1H3,(H,22,25). The van der Waals surface area contributed by atoms with Gasteiger partial charge in [-0.3, -0.25) is 4.79 Å². The second kappa shape index (κ2) is 7.83. The lowest BCUT2D eigenvalue weighted by atomic mass is 10.2. The van der Waals surface area contributed by atoms with Crippen molar-refractivity contribution in [2.24, 2.45) is 0 Å². The van der Waals surface area contributed by atoms with Crippen molar-refractivity contribution in [3.05, 3.63) is 60.2 Å². The molecule has 0 saturated carbocycles. The van der Waals surface area contributed by atoms with Crippen molar-refractivity contribution >= 4 is 23.4 Å². The number of aromatic nitrogens is 2. The molecule has 0 bridgehead atoms. The van der Waals surface area contributed by atoms with Crippen LogP contribution in [0.2, 0.25) is 0 Å². The van der Waals surface area contributed by atoms with Crippen molar-refractivity contribution in [1.29, 1.82) is 0 Å². The van der Waals surface area contributed by atoms with Gasteiger partial charge in [0.05, 0.1) is 10.8 Å². The van der Waals surface area contributed by atoms with Crippen molar-refractivity contribution in [1.82, 2.24) is 10.2 Å². The van der Waals surface area contributed by atoms with Gasteiger partial charge in [0.1, 0.15) is 0 Å². The molecule has 0 radical (unpaired) electrons. The number of hydrogen-bond acceptors (Lipinski definition) is 5. The highest BCUT2D eigenvalue weighted by Crippen LogP contribution is 2.31. The fraction of sp³-hybridized carbons (Fsp3) is 0.167. The Morgan fingerprint density at radius 3 is 2.56 bits per heavy atom. The molecule has 5 nitrogen and oxygen atoms in total. The highest BCUT2D eigenvalue weighted by molar-refractivity contribution is 8.00. The SMILES string of the molecule is CC(Sc1nnc(-c2ccccc2)o1)C(=O)Nc1cccc(C(F)(F)F)c1. The monoisotopic (exact) mass is 393 g/mol. The van der Waals surface area contributed by atoms with Gasteiger partial charge in [0, 0.05) is 11.3 Å². The summed E-state index contributed by atoms with van der Waals surface area (Å²) in [5, 5.41) is 9.82. The van der Waals surface area contributed by atoms with Crippen molar-refractivity contribution in [2.75, 3.05) is 5.32 Å². The van der Waals surface area contributed by atoms with Gasteiger partial charge in [-0.1, -0.05) is 36.0 Å². The topological polar surface area (TPSA) is 68.0 Å². The average molecular weight is 393 g/mol. The van der Waals surface area contributed by atoms with Crippen LogP contribution in [0.1, 0.15) is 12.5 Å². The molecule has 1 atom stereocenters. The first-order valence-corrected chi connectivity index (χ1v) is 8.74. The van der Waals surface area contributed by atoms with Gasteiger partial charge in [-0.25, -0.2) is 0 Å². The summed E-state index contributed by atoms with van der Waals surface area (Å²) in [5.74, 6) is -0.151. The number of carbonyl (C=O) groups excluding carboxylic acids is 1. The summed E-state index contributed by atoms with van der Waals surface area (Å²) in [6, 6.07) is 13.6. The molecule has 0 aliphatic rings. The molecule has 27 heavy (non-hydrogen) atoms. The van der Waals surface area contributed by atoms with E-state index in [9.17, 15) is 18.0 Å². The van der Waals surface area contributed by atoms with E-state index < -0.39 is 22.9 Å². The minimum Gasteiger partial charge on any atom is -0.411 e. The Morgan fingerprint density at radius 1 is 1.11 bits per heavy atom. The first-order valence-electron chi connectivity index (χ1n) is 7.86. The molecular formula is C18H14F3N3O2S. The van der Waals surface area contributed by atoms with Gasteiger partial charge >= 0.3 is 6.18 Å². The largest absolute Gasteiger partial charge is 0.416 e. The quantitative estimate of drug-likeness (QED) is 0.626. The number of rotatable bonds is 5. The van der Waals surface area contributed by atoms with Gasteiger partial charge in [-0.05, 0) is 37.3 Å². The van der Waals surface area contributed by atoms with Crippen molar-refractivity contribution < 1.29 is 22.4 Å². The van der Waals surface area contributed by atoms with E-state index in [1.54, 1.807) is 6.92 Å². The molecule has 1 amide bonds. The lowest BCUT2D eigenvalue weighted by molar-refractivity contribution is -0.137. The molecule has 1 unspecified atom stereocenters. The Hall–Kier alpha value is -2.81. The normalized spacial score (nSPS) is 12.6. The van der Waals surface area contributed by atoms with Crippen LogP contribution in [0.4, 0.5) is 18.9 Å². The predicted octanol–water partition coefficient (Wildman–Crippen LogP) is 4.87. The van der Waals surface area contributed by atoms with Gasteiger partial charge < -0.3 is 9.73 Å². The Bertz CT molecular complexity index is 929. The molecule has 140 valence electrons. The predicted molar refractivity (Wildman–Crippen MR) is 95.1 cm³/mol. The number of alkyl halides is 3. The maximum absolute atomic E-state index is 12.7. The number of nitrogens with one attached hydrogen (secondary N) is 1. The number of amides is 1. The number of anilines is 1. The summed E-state index contributed by atoms with van der Waals surface area (Å²) < 4.78 is 43.8. The van der Waals surface area contributed by atoms with Gasteiger partial charge in [0.15, 0.2) is 0 Å². The Morgan fingerprint density at radius 2 is 1.85 bits per heavy atom. The maximum atomic E-state index is 12.7. The Kier molecular flexibility index (Phi) is 5.50. The van der Waals surface area contributed by atoms with E-state index in [1.807, 2.05) is 30.3 Å². The molecule has 0 aliphatic heterocycles. The Labute approximate surface area is 157 Å². The molecule has 9 heteroatoms. The zero-order chi connectivity index (χ0) is 19.4. The van der Waals surface area contributed by atoms with E-state index in [-0.39, 0.29) is 10.9 Å². The summed E-state index contributed by atoms with van der Waals surface area (Å²) in [7, 11) is 0. The number of benzene rings is 2. The molecule has 0 spiro atoms. The van der Waals surface area contributed by atoms with Crippen LogP contribution in [0.15, 0.2) is 64.2 Å². The van der Waals surface area contributed by atoms with E-state index in [2.05, 4.69) is 15.5 Å². The second-order valence-corrected chi connectivity index (χ2v) is 6.86. The molecule has 1 N–H and O–H groups in total. The van der Waals surface area contributed by atoms with Crippen molar-refractivity contribution in [3.63, 3.8) is 0 Å². The third-order valence-electron chi connectivity index (χ3n) is 3.53. The summed E-state index contributed by atoms with van der Waals surface area (Å²) in [5.41, 5.74) is -0.0132. The van der Waals surface area contributed by atoms with Gasteiger partial charge in [-0.15, -0.1) is 10.2 Å². The van der Waals surface area contributed by atoms with E-state index in [4.69, 9.17) is 4.42 Å². The highest BCUT2D eigenvalue weighted by Gasteiger charge is 2.30. The van der Waals surface area contributed by atoms with Crippen LogP contribution in [0.5, 0.6) is 0 Å². The minimum absolute atomic E-state index is 0.0674. The molecule has 3 aromatic rings. The maximum Gasteiger partial charge on any atom is 0.416 e. The molecule has 2 aromatic carbocycles. The number of carbonyl (C=O) groups is 1. The van der Waals surface area contributed by atoms with E-state index >= 15 is 0 Å². The fourth-order valence-corrected chi connectivity index (χ4v) is 2.86. The van der Waals surface area contributed by atoms with Crippen LogP contribution in [-0.2, 0) is 11.0 Å². The molecular weight excluding hydrogens is 379 g/mol. The smallest absolute Gasteiger partial charge is 0.411 e. The van der Waals surface area contributed by atoms with Crippen LogP contribution in [0, 0.1) is 0 Å². The fourth-order valence-electron chi connectivity index (χ4n) is 2.18. The van der Waals surface area contributed by atoms with Crippen molar-refractivity contribution in [3.8, 4) is 11.5 Å². The lowest BCUT2D eigenvalue weighted by Gasteiger charge is -2.12. The zero-order valence-corrected chi connectivity index (χ0v) is 14.8. The van der Waals surface area contributed by atoms with E-state index in [0.29, 0.717) is 5.89 Å². The van der Waals surface area contributed by atoms with E-state index in [1.165, 1.54) is 12.1 Å². The number of thioether (sulfide) groups is 1. The summed E-state index contributed by atoms with van der Waals surface area (Å²) in [4.78, 5) is 12.3. The zero-order valence-electron chi connectivity index (χ0n) is 14.0. The molecule has 0 aliphatic carbocycles. The third kappa shape index (κ3) is 4.88. The Balaban J connectivity index is 1.64. The van der Waals surface area contributed by atoms with Crippen LogP contribution in [-0.4, -0.2) is 21.4 Å². The molecule has 0 saturated heterocycles. The number of nitrogens with zero attached hydrogens (tertiary/aromatic N) is 2. The van der Waals surface area contributed by atoms with Crippen LogP contribution >= 0.6 is 11.8 Å². The summed E-state index contributed by atoms with van der Waals surface area (Å²) >= 11 is 1.02. The summed E-state index contributed by atoms with van der Waals surface area (Å²) in [6.07, 6.45) is -4.47. The van der Waals surface area contributed by atoms with Crippen molar-refractivity contribution in [2.45, 2.75) is 23.6 Å². The second-order valence-electron chi connectivity index (χ2n) is 5.57. The molecule has 3 rings (SSSR count). The number of hydrogen-bond donors (Lipinski definition) is 1. The van der Waals surface area contributed by atoms with Crippen LogP contribution in [0.3, 0.4) is 0 Å². The molecule has 1 aromatic heterocycles. The highest BCUT2D eigenvalue weighted by atomic mass is 32.2. The first kappa shape index (κ1) is 19.0. The first-order chi connectivity index (χ1) is 12.8. The molecule has 1 heterocycles. The van der Waals surface area contributed by atoms with E-state index in [0.717, 1.165) is 29.5 Å².